The van der Waals surface area contributed by atoms with Crippen LogP contribution < -0.4 is 16.4 Å². The van der Waals surface area contributed by atoms with Crippen LogP contribution in [0.15, 0.2) is 18.2 Å². The summed E-state index contributed by atoms with van der Waals surface area (Å²) in [6.45, 7) is 0.757. The molecule has 7 heteroatoms. The monoisotopic (exact) mass is 275 g/mol. The van der Waals surface area contributed by atoms with Crippen molar-refractivity contribution in [3.63, 3.8) is 0 Å². The van der Waals surface area contributed by atoms with Crippen molar-refractivity contribution in [1.29, 1.82) is 0 Å². The van der Waals surface area contributed by atoms with E-state index < -0.39 is 18.6 Å². The fourth-order valence-electron chi connectivity index (χ4n) is 1.79. The maximum atomic E-state index is 12.6. The highest BCUT2D eigenvalue weighted by atomic mass is 19.4. The van der Waals surface area contributed by atoms with Gasteiger partial charge in [0.05, 0.1) is 11.3 Å². The van der Waals surface area contributed by atoms with Crippen molar-refractivity contribution in [3.05, 3.63) is 23.8 Å². The molecule has 19 heavy (non-hydrogen) atoms. The molecule has 4 N–H and O–H groups in total. The molecular formula is C12H16F3N3O. The Morgan fingerprint density at radius 1 is 1.37 bits per heavy atom. The molecule has 0 aliphatic heterocycles. The van der Waals surface area contributed by atoms with Crippen LogP contribution in [0.1, 0.15) is 23.7 Å². The maximum absolute atomic E-state index is 12.6. The largest absolute Gasteiger partial charge is 0.405 e. The third-order valence-electron chi connectivity index (χ3n) is 2.49. The van der Waals surface area contributed by atoms with Crippen LogP contribution in [-0.2, 0) is 0 Å². The third kappa shape index (κ3) is 4.35. The molecule has 0 heterocycles. The van der Waals surface area contributed by atoms with Crippen molar-refractivity contribution in [1.82, 2.24) is 0 Å². The number of primary amides is 1. The summed E-state index contributed by atoms with van der Waals surface area (Å²) in [6, 6.07) is 4.11. The van der Waals surface area contributed by atoms with Crippen LogP contribution >= 0.6 is 0 Å². The van der Waals surface area contributed by atoms with Crippen LogP contribution in [0, 0.1) is 0 Å². The Hall–Kier alpha value is -1.92. The highest BCUT2D eigenvalue weighted by Crippen LogP contribution is 2.27. The lowest BCUT2D eigenvalue weighted by Gasteiger charge is -2.27. The predicted molar refractivity (Wildman–Crippen MR) is 67.9 cm³/mol. The highest BCUT2D eigenvalue weighted by molar-refractivity contribution is 5.99. The lowest BCUT2D eigenvalue weighted by molar-refractivity contribution is -0.119. The minimum atomic E-state index is -4.37. The molecule has 0 unspecified atom stereocenters. The van der Waals surface area contributed by atoms with E-state index in [-0.39, 0.29) is 23.5 Å². The van der Waals surface area contributed by atoms with Gasteiger partial charge in [0.1, 0.15) is 6.54 Å². The van der Waals surface area contributed by atoms with Gasteiger partial charge in [0.2, 0.25) is 0 Å². The summed E-state index contributed by atoms with van der Waals surface area (Å²) in [4.78, 5) is 12.3. The molecular weight excluding hydrogens is 259 g/mol. The fraction of sp³-hybridized carbons (Fsp3) is 0.417. The van der Waals surface area contributed by atoms with Gasteiger partial charge in [0.15, 0.2) is 0 Å². The standard InChI is InChI=1S/C12H16F3N3O/c1-2-5-18(7-12(13,14)15)10-6-8(16)3-4-9(10)11(17)19/h3-4,6H,2,5,7,16H2,1H3,(H2,17,19). The van der Waals surface area contributed by atoms with Crippen LogP contribution in [0.25, 0.3) is 0 Å². The summed E-state index contributed by atoms with van der Waals surface area (Å²) in [5.41, 5.74) is 11.2. The van der Waals surface area contributed by atoms with Gasteiger partial charge in [0, 0.05) is 12.2 Å². The van der Waals surface area contributed by atoms with Gasteiger partial charge < -0.3 is 16.4 Å². The summed E-state index contributed by atoms with van der Waals surface area (Å²) in [6.07, 6.45) is -3.86. The van der Waals surface area contributed by atoms with E-state index in [0.29, 0.717) is 6.42 Å². The number of alkyl halides is 3. The van der Waals surface area contributed by atoms with E-state index in [0.717, 1.165) is 4.90 Å². The van der Waals surface area contributed by atoms with Crippen molar-refractivity contribution in [2.75, 3.05) is 23.7 Å². The highest BCUT2D eigenvalue weighted by Gasteiger charge is 2.31. The number of benzene rings is 1. The Kier molecular flexibility index (Phi) is 4.63. The zero-order valence-electron chi connectivity index (χ0n) is 10.5. The van der Waals surface area contributed by atoms with Crippen molar-refractivity contribution in [3.8, 4) is 0 Å². The van der Waals surface area contributed by atoms with Crippen LogP contribution in [0.4, 0.5) is 24.5 Å². The molecule has 1 aromatic carbocycles. The number of amides is 1. The molecule has 0 atom stereocenters. The van der Waals surface area contributed by atoms with Gasteiger partial charge in [0.25, 0.3) is 5.91 Å². The summed E-state index contributed by atoms with van der Waals surface area (Å²) >= 11 is 0. The van der Waals surface area contributed by atoms with Gasteiger partial charge in [-0.2, -0.15) is 13.2 Å². The van der Waals surface area contributed by atoms with Crippen LogP contribution in [0.5, 0.6) is 0 Å². The van der Waals surface area contributed by atoms with Crippen LogP contribution in [-0.4, -0.2) is 25.2 Å². The summed E-state index contributed by atoms with van der Waals surface area (Å²) < 4.78 is 37.7. The number of hydrogen-bond donors (Lipinski definition) is 2. The predicted octanol–water partition coefficient (Wildman–Crippen LogP) is 2.15. The zero-order chi connectivity index (χ0) is 14.6. The molecule has 4 nitrogen and oxygen atoms in total. The number of rotatable bonds is 5. The number of carbonyl (C=O) groups excluding carboxylic acids is 1. The van der Waals surface area contributed by atoms with Crippen molar-refractivity contribution in [2.24, 2.45) is 5.73 Å². The van der Waals surface area contributed by atoms with Crippen molar-refractivity contribution >= 4 is 17.3 Å². The second kappa shape index (κ2) is 5.81. The molecule has 1 amide bonds. The first-order chi connectivity index (χ1) is 8.74. The number of nitrogens with two attached hydrogens (primary N) is 2. The van der Waals surface area contributed by atoms with E-state index in [1.165, 1.54) is 18.2 Å². The van der Waals surface area contributed by atoms with Gasteiger partial charge in [-0.05, 0) is 24.6 Å². The van der Waals surface area contributed by atoms with E-state index in [1.807, 2.05) is 0 Å². The lowest BCUT2D eigenvalue weighted by atomic mass is 10.1. The second-order valence-corrected chi connectivity index (χ2v) is 4.18. The van der Waals surface area contributed by atoms with Gasteiger partial charge >= 0.3 is 6.18 Å². The van der Waals surface area contributed by atoms with Crippen LogP contribution in [0.3, 0.4) is 0 Å². The SMILES string of the molecule is CCCN(CC(F)(F)F)c1cc(N)ccc1C(N)=O. The molecule has 0 saturated heterocycles. The van der Waals surface area contributed by atoms with Crippen molar-refractivity contribution < 1.29 is 18.0 Å². The molecule has 0 fully saturated rings. The summed E-state index contributed by atoms with van der Waals surface area (Å²) in [7, 11) is 0. The third-order valence-corrected chi connectivity index (χ3v) is 2.49. The Morgan fingerprint density at radius 2 is 2.00 bits per heavy atom. The average Bonchev–Trinajstić information content (AvgIpc) is 2.26. The molecule has 0 aromatic heterocycles. The number of nitrogen functional groups attached to an aromatic ring is 1. The second-order valence-electron chi connectivity index (χ2n) is 4.18. The Labute approximate surface area is 109 Å². The first-order valence-electron chi connectivity index (χ1n) is 5.75. The van der Waals surface area contributed by atoms with E-state index in [4.69, 9.17) is 11.5 Å². The Bertz CT molecular complexity index is 460. The topological polar surface area (TPSA) is 72.3 Å². The molecule has 1 rings (SSSR count). The molecule has 106 valence electrons. The summed E-state index contributed by atoms with van der Waals surface area (Å²) in [5.74, 6) is -0.779. The molecule has 0 saturated carbocycles. The molecule has 0 spiro atoms. The summed E-state index contributed by atoms with van der Waals surface area (Å²) in [5, 5.41) is 0. The van der Waals surface area contributed by atoms with Gasteiger partial charge in [-0.1, -0.05) is 6.92 Å². The normalized spacial score (nSPS) is 11.4. The molecule has 0 aliphatic carbocycles. The Morgan fingerprint density at radius 3 is 2.47 bits per heavy atom. The van der Waals surface area contributed by atoms with Crippen molar-refractivity contribution in [2.45, 2.75) is 19.5 Å². The molecule has 0 aliphatic rings. The van der Waals surface area contributed by atoms with E-state index in [2.05, 4.69) is 0 Å². The number of anilines is 2. The molecule has 0 bridgehead atoms. The first-order valence-corrected chi connectivity index (χ1v) is 5.75. The van der Waals surface area contributed by atoms with E-state index >= 15 is 0 Å². The zero-order valence-corrected chi connectivity index (χ0v) is 10.5. The number of nitrogens with zero attached hydrogens (tertiary/aromatic N) is 1. The smallest absolute Gasteiger partial charge is 0.399 e. The van der Waals surface area contributed by atoms with Gasteiger partial charge in [-0.15, -0.1) is 0 Å². The number of carbonyl (C=O) groups is 1. The minimum Gasteiger partial charge on any atom is -0.399 e. The van der Waals surface area contributed by atoms with Gasteiger partial charge in [-0.3, -0.25) is 4.79 Å². The van der Waals surface area contributed by atoms with Crippen LogP contribution in [0.2, 0.25) is 0 Å². The number of hydrogen-bond acceptors (Lipinski definition) is 3. The number of halogens is 3. The first kappa shape index (κ1) is 15.1. The minimum absolute atomic E-state index is 0.0342. The quantitative estimate of drug-likeness (QED) is 0.809. The van der Waals surface area contributed by atoms with E-state index in [9.17, 15) is 18.0 Å². The maximum Gasteiger partial charge on any atom is 0.405 e. The Balaban J connectivity index is 3.20. The molecule has 0 radical (unpaired) electrons. The molecule has 1 aromatic rings. The average molecular weight is 275 g/mol. The van der Waals surface area contributed by atoms with E-state index in [1.54, 1.807) is 6.92 Å². The van der Waals surface area contributed by atoms with Gasteiger partial charge in [-0.25, -0.2) is 0 Å². The fourth-order valence-corrected chi connectivity index (χ4v) is 1.79. The lowest BCUT2D eigenvalue weighted by Crippen LogP contribution is -2.36.